The summed E-state index contributed by atoms with van der Waals surface area (Å²) in [5.41, 5.74) is 0.997. The minimum Gasteiger partial charge on any atom is -0.508 e. The second-order valence-electron chi connectivity index (χ2n) is 4.63. The Morgan fingerprint density at radius 1 is 1.43 bits per heavy atom. The SMILES string of the molecule is Cn1cc(C(NC(=O)Cc2cccc(O)c2)C(=O)O)cn1. The van der Waals surface area contributed by atoms with Crippen LogP contribution in [0, 0.1) is 0 Å². The average Bonchev–Trinajstić information content (AvgIpc) is 2.82. The van der Waals surface area contributed by atoms with Crippen molar-refractivity contribution in [2.24, 2.45) is 7.05 Å². The third kappa shape index (κ3) is 3.82. The fraction of sp³-hybridized carbons (Fsp3) is 0.214. The van der Waals surface area contributed by atoms with Gasteiger partial charge in [0.05, 0.1) is 12.6 Å². The van der Waals surface area contributed by atoms with E-state index in [9.17, 15) is 19.8 Å². The van der Waals surface area contributed by atoms with Crippen molar-refractivity contribution in [1.29, 1.82) is 0 Å². The van der Waals surface area contributed by atoms with E-state index in [2.05, 4.69) is 10.4 Å². The van der Waals surface area contributed by atoms with E-state index in [4.69, 9.17) is 0 Å². The number of nitrogens with zero attached hydrogens (tertiary/aromatic N) is 2. The summed E-state index contributed by atoms with van der Waals surface area (Å²) < 4.78 is 1.46. The van der Waals surface area contributed by atoms with Crippen LogP contribution in [0.3, 0.4) is 0 Å². The third-order valence-electron chi connectivity index (χ3n) is 2.89. The van der Waals surface area contributed by atoms with Crippen LogP contribution in [0.2, 0.25) is 0 Å². The maximum absolute atomic E-state index is 11.9. The number of carbonyl (C=O) groups is 2. The van der Waals surface area contributed by atoms with Crippen LogP contribution < -0.4 is 5.32 Å². The van der Waals surface area contributed by atoms with E-state index in [0.717, 1.165) is 0 Å². The van der Waals surface area contributed by atoms with E-state index in [1.54, 1.807) is 19.2 Å². The molecule has 0 saturated heterocycles. The summed E-state index contributed by atoms with van der Waals surface area (Å²) in [5.74, 6) is -1.55. The van der Waals surface area contributed by atoms with Crippen molar-refractivity contribution in [2.75, 3.05) is 0 Å². The van der Waals surface area contributed by atoms with Crippen molar-refractivity contribution in [2.45, 2.75) is 12.5 Å². The number of nitrogens with one attached hydrogen (secondary N) is 1. The fourth-order valence-corrected chi connectivity index (χ4v) is 1.94. The van der Waals surface area contributed by atoms with Crippen molar-refractivity contribution >= 4 is 11.9 Å². The molecule has 7 nitrogen and oxygen atoms in total. The number of rotatable bonds is 5. The van der Waals surface area contributed by atoms with Crippen LogP contribution in [0.5, 0.6) is 5.75 Å². The van der Waals surface area contributed by atoms with Gasteiger partial charge in [0.25, 0.3) is 0 Å². The Labute approximate surface area is 120 Å². The second kappa shape index (κ2) is 6.08. The number of carboxylic acids is 1. The minimum atomic E-state index is -1.16. The molecular formula is C14H15N3O4. The zero-order valence-electron chi connectivity index (χ0n) is 11.4. The number of amides is 1. The normalized spacial score (nSPS) is 11.9. The lowest BCUT2D eigenvalue weighted by molar-refractivity contribution is -0.142. The molecule has 1 unspecified atom stereocenters. The number of hydrogen-bond donors (Lipinski definition) is 3. The van der Waals surface area contributed by atoms with E-state index < -0.39 is 17.9 Å². The molecule has 0 saturated carbocycles. The Kier molecular flexibility index (Phi) is 4.22. The molecule has 0 aliphatic heterocycles. The summed E-state index contributed by atoms with van der Waals surface area (Å²) in [6.45, 7) is 0. The van der Waals surface area contributed by atoms with Crippen LogP contribution in [0.1, 0.15) is 17.2 Å². The van der Waals surface area contributed by atoms with Crippen molar-refractivity contribution in [3.63, 3.8) is 0 Å². The highest BCUT2D eigenvalue weighted by molar-refractivity contribution is 5.85. The lowest BCUT2D eigenvalue weighted by atomic mass is 10.1. The summed E-state index contributed by atoms with van der Waals surface area (Å²) in [5, 5.41) is 24.9. The Balaban J connectivity index is 2.07. The largest absolute Gasteiger partial charge is 0.508 e. The number of aliphatic carboxylic acids is 1. The average molecular weight is 289 g/mol. The highest BCUT2D eigenvalue weighted by Crippen LogP contribution is 2.14. The molecule has 1 amide bonds. The number of aromatic hydroxyl groups is 1. The van der Waals surface area contributed by atoms with Gasteiger partial charge in [-0.25, -0.2) is 4.79 Å². The molecule has 21 heavy (non-hydrogen) atoms. The van der Waals surface area contributed by atoms with Gasteiger partial charge in [-0.15, -0.1) is 0 Å². The van der Waals surface area contributed by atoms with Gasteiger partial charge in [0, 0.05) is 18.8 Å². The first-order valence-electron chi connectivity index (χ1n) is 6.24. The van der Waals surface area contributed by atoms with Gasteiger partial charge in [-0.1, -0.05) is 12.1 Å². The van der Waals surface area contributed by atoms with E-state index in [1.807, 2.05) is 0 Å². The highest BCUT2D eigenvalue weighted by Gasteiger charge is 2.23. The summed E-state index contributed by atoms with van der Waals surface area (Å²) >= 11 is 0. The first-order chi connectivity index (χ1) is 9.95. The molecule has 7 heteroatoms. The van der Waals surface area contributed by atoms with E-state index in [-0.39, 0.29) is 12.2 Å². The monoisotopic (exact) mass is 289 g/mol. The first-order valence-corrected chi connectivity index (χ1v) is 6.24. The van der Waals surface area contributed by atoms with E-state index >= 15 is 0 Å². The van der Waals surface area contributed by atoms with Crippen molar-refractivity contribution < 1.29 is 19.8 Å². The Hall–Kier alpha value is -2.83. The van der Waals surface area contributed by atoms with Gasteiger partial charge in [0.15, 0.2) is 6.04 Å². The number of aromatic nitrogens is 2. The predicted molar refractivity (Wildman–Crippen MR) is 73.5 cm³/mol. The van der Waals surface area contributed by atoms with Crippen LogP contribution in [-0.2, 0) is 23.1 Å². The first kappa shape index (κ1) is 14.6. The lowest BCUT2D eigenvalue weighted by Gasteiger charge is -2.13. The number of aryl methyl sites for hydroxylation is 1. The number of benzene rings is 1. The second-order valence-corrected chi connectivity index (χ2v) is 4.63. The van der Waals surface area contributed by atoms with E-state index in [1.165, 1.54) is 29.2 Å². The molecule has 1 heterocycles. The van der Waals surface area contributed by atoms with Crippen LogP contribution in [-0.4, -0.2) is 31.9 Å². The molecule has 1 aromatic heterocycles. The topological polar surface area (TPSA) is 104 Å². The number of hydrogen-bond acceptors (Lipinski definition) is 4. The Morgan fingerprint density at radius 2 is 2.19 bits per heavy atom. The quantitative estimate of drug-likeness (QED) is 0.748. The number of phenols is 1. The Bertz CT molecular complexity index is 666. The zero-order valence-corrected chi connectivity index (χ0v) is 11.4. The summed E-state index contributed by atoms with van der Waals surface area (Å²) in [4.78, 5) is 23.2. The summed E-state index contributed by atoms with van der Waals surface area (Å²) in [7, 11) is 1.66. The summed E-state index contributed by atoms with van der Waals surface area (Å²) in [6.07, 6.45) is 2.92. The zero-order chi connectivity index (χ0) is 15.4. The molecule has 2 aromatic rings. The van der Waals surface area contributed by atoms with Crippen LogP contribution >= 0.6 is 0 Å². The molecule has 0 spiro atoms. The van der Waals surface area contributed by atoms with Crippen LogP contribution in [0.4, 0.5) is 0 Å². The van der Waals surface area contributed by atoms with Gasteiger partial charge in [0.1, 0.15) is 5.75 Å². The fourth-order valence-electron chi connectivity index (χ4n) is 1.94. The van der Waals surface area contributed by atoms with Crippen molar-refractivity contribution in [1.82, 2.24) is 15.1 Å². The van der Waals surface area contributed by atoms with Gasteiger partial charge in [-0.05, 0) is 17.7 Å². The van der Waals surface area contributed by atoms with Crippen molar-refractivity contribution in [3.8, 4) is 5.75 Å². The van der Waals surface area contributed by atoms with Gasteiger partial charge >= 0.3 is 5.97 Å². The number of carbonyl (C=O) groups excluding carboxylic acids is 1. The minimum absolute atomic E-state index is 0.0154. The van der Waals surface area contributed by atoms with Gasteiger partial charge in [-0.3, -0.25) is 9.48 Å². The van der Waals surface area contributed by atoms with Gasteiger partial charge in [0.2, 0.25) is 5.91 Å². The van der Waals surface area contributed by atoms with E-state index in [0.29, 0.717) is 11.1 Å². The maximum atomic E-state index is 11.9. The lowest BCUT2D eigenvalue weighted by Crippen LogP contribution is -2.34. The standard InChI is InChI=1S/C14H15N3O4/c1-17-8-10(7-15-17)13(14(20)21)16-12(19)6-9-3-2-4-11(18)5-9/h2-5,7-8,13,18H,6H2,1H3,(H,16,19)(H,20,21). The number of phenolic OH excluding ortho intramolecular Hbond substituents is 1. The molecule has 3 N–H and O–H groups in total. The Morgan fingerprint density at radius 3 is 2.76 bits per heavy atom. The molecule has 1 atom stereocenters. The molecule has 0 bridgehead atoms. The predicted octanol–water partition coefficient (Wildman–Crippen LogP) is 0.610. The highest BCUT2D eigenvalue weighted by atomic mass is 16.4. The molecule has 0 radical (unpaired) electrons. The maximum Gasteiger partial charge on any atom is 0.331 e. The molecule has 0 aliphatic rings. The summed E-state index contributed by atoms with van der Waals surface area (Å²) in [6, 6.07) is 5.10. The van der Waals surface area contributed by atoms with Crippen LogP contribution in [0.25, 0.3) is 0 Å². The smallest absolute Gasteiger partial charge is 0.331 e. The van der Waals surface area contributed by atoms with Gasteiger partial charge < -0.3 is 15.5 Å². The van der Waals surface area contributed by atoms with Gasteiger partial charge in [-0.2, -0.15) is 5.10 Å². The van der Waals surface area contributed by atoms with Crippen molar-refractivity contribution in [3.05, 3.63) is 47.8 Å². The molecule has 110 valence electrons. The molecular weight excluding hydrogens is 274 g/mol. The van der Waals surface area contributed by atoms with Crippen LogP contribution in [0.15, 0.2) is 36.7 Å². The molecule has 1 aromatic carbocycles. The third-order valence-corrected chi connectivity index (χ3v) is 2.89. The molecule has 0 fully saturated rings. The number of carboxylic acid groups (broad SMARTS) is 1. The molecule has 2 rings (SSSR count). The molecule has 0 aliphatic carbocycles.